The quantitative estimate of drug-likeness (QED) is 0.533. The summed E-state index contributed by atoms with van der Waals surface area (Å²) in [6, 6.07) is 18.6. The van der Waals surface area contributed by atoms with E-state index in [0.29, 0.717) is 0 Å². The van der Waals surface area contributed by atoms with E-state index in [9.17, 15) is 0 Å². The molecule has 0 aliphatic carbocycles. The smallest absolute Gasteiger partial charge is 0.152 e. The van der Waals surface area contributed by atoms with Gasteiger partial charge >= 0.3 is 0 Å². The van der Waals surface area contributed by atoms with Crippen LogP contribution in [0.5, 0.6) is 0 Å². The first-order valence-corrected chi connectivity index (χ1v) is 8.84. The second-order valence-corrected chi connectivity index (χ2v) is 6.08. The Bertz CT molecular complexity index is 739. The SMILES string of the molecule is CCCCCOC(CCc1ccccc1)n1nnc2ccccc21. The molecular weight excluding hydrogens is 298 g/mol. The van der Waals surface area contributed by atoms with E-state index in [1.165, 1.54) is 18.4 Å². The highest BCUT2D eigenvalue weighted by Gasteiger charge is 2.16. The topological polar surface area (TPSA) is 39.9 Å². The first-order chi connectivity index (χ1) is 11.9. The van der Waals surface area contributed by atoms with Crippen LogP contribution >= 0.6 is 0 Å². The zero-order valence-corrected chi connectivity index (χ0v) is 14.3. The maximum atomic E-state index is 6.18. The van der Waals surface area contributed by atoms with Gasteiger partial charge in [-0.1, -0.05) is 67.4 Å². The van der Waals surface area contributed by atoms with Crippen LogP contribution in [0, 0.1) is 0 Å². The van der Waals surface area contributed by atoms with E-state index in [-0.39, 0.29) is 6.23 Å². The van der Waals surface area contributed by atoms with E-state index in [2.05, 4.69) is 47.6 Å². The number of hydrogen-bond acceptors (Lipinski definition) is 3. The lowest BCUT2D eigenvalue weighted by molar-refractivity contribution is -0.0115. The third kappa shape index (κ3) is 4.20. The third-order valence-corrected chi connectivity index (χ3v) is 4.23. The molecule has 4 nitrogen and oxygen atoms in total. The first-order valence-electron chi connectivity index (χ1n) is 8.84. The fourth-order valence-electron chi connectivity index (χ4n) is 2.88. The van der Waals surface area contributed by atoms with Crippen molar-refractivity contribution in [1.29, 1.82) is 0 Å². The van der Waals surface area contributed by atoms with E-state index in [1.54, 1.807) is 0 Å². The fraction of sp³-hybridized carbons (Fsp3) is 0.400. The lowest BCUT2D eigenvalue weighted by Crippen LogP contribution is -2.16. The zero-order chi connectivity index (χ0) is 16.6. The monoisotopic (exact) mass is 323 g/mol. The van der Waals surface area contributed by atoms with Crippen molar-refractivity contribution in [3.05, 3.63) is 60.2 Å². The average molecular weight is 323 g/mol. The van der Waals surface area contributed by atoms with Crippen LogP contribution in [0.2, 0.25) is 0 Å². The lowest BCUT2D eigenvalue weighted by Gasteiger charge is -2.19. The van der Waals surface area contributed by atoms with Crippen molar-refractivity contribution < 1.29 is 4.74 Å². The molecule has 126 valence electrons. The van der Waals surface area contributed by atoms with Crippen molar-refractivity contribution in [2.45, 2.75) is 45.3 Å². The predicted molar refractivity (Wildman–Crippen MR) is 96.8 cm³/mol. The van der Waals surface area contributed by atoms with Crippen molar-refractivity contribution >= 4 is 11.0 Å². The minimum absolute atomic E-state index is 0.0746. The summed E-state index contributed by atoms with van der Waals surface area (Å²) in [5.41, 5.74) is 3.27. The molecule has 0 saturated heterocycles. The second-order valence-electron chi connectivity index (χ2n) is 6.08. The Balaban J connectivity index is 1.73. The Morgan fingerprint density at radius 1 is 1.00 bits per heavy atom. The van der Waals surface area contributed by atoms with Crippen molar-refractivity contribution in [2.75, 3.05) is 6.61 Å². The van der Waals surface area contributed by atoms with Gasteiger partial charge in [-0.15, -0.1) is 5.10 Å². The molecule has 0 N–H and O–H groups in total. The number of nitrogens with zero attached hydrogens (tertiary/aromatic N) is 3. The largest absolute Gasteiger partial charge is 0.356 e. The Morgan fingerprint density at radius 2 is 1.79 bits per heavy atom. The molecule has 4 heteroatoms. The highest BCUT2D eigenvalue weighted by atomic mass is 16.5. The van der Waals surface area contributed by atoms with Gasteiger partial charge in [0, 0.05) is 6.61 Å². The van der Waals surface area contributed by atoms with E-state index >= 15 is 0 Å². The van der Waals surface area contributed by atoms with Crippen LogP contribution in [0.25, 0.3) is 11.0 Å². The second kappa shape index (κ2) is 8.60. The Kier molecular flexibility index (Phi) is 5.96. The number of benzene rings is 2. The van der Waals surface area contributed by atoms with Crippen LogP contribution in [0.4, 0.5) is 0 Å². The molecule has 2 aromatic carbocycles. The minimum Gasteiger partial charge on any atom is -0.356 e. The van der Waals surface area contributed by atoms with Gasteiger partial charge in [0.05, 0.1) is 5.52 Å². The van der Waals surface area contributed by atoms with Gasteiger partial charge in [0.2, 0.25) is 0 Å². The van der Waals surface area contributed by atoms with Gasteiger partial charge in [0.1, 0.15) is 5.52 Å². The minimum atomic E-state index is -0.0746. The standard InChI is InChI=1S/C20H25N3O/c1-2-3-9-16-24-20(15-14-17-10-5-4-6-11-17)23-19-13-8-7-12-18(19)21-22-23/h4-8,10-13,20H,2-3,9,14-16H2,1H3. The average Bonchev–Trinajstić information content (AvgIpc) is 3.06. The number of aromatic nitrogens is 3. The summed E-state index contributed by atoms with van der Waals surface area (Å²) in [6.45, 7) is 2.97. The molecule has 1 aromatic heterocycles. The molecule has 0 radical (unpaired) electrons. The van der Waals surface area contributed by atoms with Crippen molar-refractivity contribution in [3.63, 3.8) is 0 Å². The maximum Gasteiger partial charge on any atom is 0.152 e. The highest BCUT2D eigenvalue weighted by Crippen LogP contribution is 2.21. The Hall–Kier alpha value is -2.20. The molecule has 3 aromatic rings. The number of unbranched alkanes of at least 4 members (excludes halogenated alkanes) is 2. The van der Waals surface area contributed by atoms with Crippen LogP contribution in [0.1, 0.15) is 44.4 Å². The van der Waals surface area contributed by atoms with Gasteiger partial charge in [-0.3, -0.25) is 0 Å². The first kappa shape index (κ1) is 16.7. The molecule has 0 saturated carbocycles. The molecule has 1 unspecified atom stereocenters. The van der Waals surface area contributed by atoms with Crippen LogP contribution in [0.3, 0.4) is 0 Å². The highest BCUT2D eigenvalue weighted by molar-refractivity contribution is 5.73. The van der Waals surface area contributed by atoms with Crippen molar-refractivity contribution in [2.24, 2.45) is 0 Å². The molecular formula is C20H25N3O. The summed E-state index contributed by atoms with van der Waals surface area (Å²) in [4.78, 5) is 0. The molecule has 0 spiro atoms. The lowest BCUT2D eigenvalue weighted by atomic mass is 10.1. The summed E-state index contributed by atoms with van der Waals surface area (Å²) in [6.07, 6.45) is 5.27. The van der Waals surface area contributed by atoms with Gasteiger partial charge in [0.25, 0.3) is 0 Å². The van der Waals surface area contributed by atoms with Crippen LogP contribution < -0.4 is 0 Å². The number of fused-ring (bicyclic) bond motifs is 1. The normalized spacial score (nSPS) is 12.5. The van der Waals surface area contributed by atoms with Crippen LogP contribution in [-0.4, -0.2) is 21.6 Å². The number of hydrogen-bond donors (Lipinski definition) is 0. The molecule has 3 rings (SSSR count). The Labute approximate surface area is 143 Å². The number of ether oxygens (including phenoxy) is 1. The van der Waals surface area contributed by atoms with Gasteiger partial charge in [0.15, 0.2) is 6.23 Å². The number of aryl methyl sites for hydroxylation is 1. The molecule has 0 fully saturated rings. The van der Waals surface area contributed by atoms with Crippen molar-refractivity contribution in [1.82, 2.24) is 15.0 Å². The summed E-state index contributed by atoms with van der Waals surface area (Å²) in [5.74, 6) is 0. The van der Waals surface area contributed by atoms with Crippen molar-refractivity contribution in [3.8, 4) is 0 Å². The molecule has 1 atom stereocenters. The zero-order valence-electron chi connectivity index (χ0n) is 14.3. The molecule has 0 aliphatic heterocycles. The van der Waals surface area contributed by atoms with E-state index in [1.807, 2.05) is 28.9 Å². The Morgan fingerprint density at radius 3 is 2.62 bits per heavy atom. The molecule has 0 bridgehead atoms. The number of rotatable bonds is 9. The molecule has 0 aliphatic rings. The van der Waals surface area contributed by atoms with E-state index < -0.39 is 0 Å². The summed E-state index contributed by atoms with van der Waals surface area (Å²) >= 11 is 0. The summed E-state index contributed by atoms with van der Waals surface area (Å²) < 4.78 is 8.11. The van der Waals surface area contributed by atoms with E-state index in [0.717, 1.165) is 36.9 Å². The predicted octanol–water partition coefficient (Wildman–Crippen LogP) is 4.77. The maximum absolute atomic E-state index is 6.18. The van der Waals surface area contributed by atoms with Crippen LogP contribution in [0.15, 0.2) is 54.6 Å². The van der Waals surface area contributed by atoms with Gasteiger partial charge in [-0.25, -0.2) is 4.68 Å². The summed E-state index contributed by atoms with van der Waals surface area (Å²) in [7, 11) is 0. The van der Waals surface area contributed by atoms with Gasteiger partial charge in [-0.05, 0) is 37.0 Å². The van der Waals surface area contributed by atoms with Crippen LogP contribution in [-0.2, 0) is 11.2 Å². The summed E-state index contributed by atoms with van der Waals surface area (Å²) in [5, 5.41) is 8.62. The molecule has 0 amide bonds. The van der Waals surface area contributed by atoms with E-state index in [4.69, 9.17) is 4.74 Å². The van der Waals surface area contributed by atoms with Gasteiger partial charge < -0.3 is 4.74 Å². The van der Waals surface area contributed by atoms with Gasteiger partial charge in [-0.2, -0.15) is 0 Å². The fourth-order valence-corrected chi connectivity index (χ4v) is 2.88. The molecule has 24 heavy (non-hydrogen) atoms. The third-order valence-electron chi connectivity index (χ3n) is 4.23. The molecule has 1 heterocycles. The number of para-hydroxylation sites is 1.